The maximum absolute atomic E-state index is 13.1. The van der Waals surface area contributed by atoms with Crippen LogP contribution in [0.5, 0.6) is 0 Å². The van der Waals surface area contributed by atoms with Gasteiger partial charge in [0.25, 0.3) is 5.91 Å². The SMILES string of the molecule is CNc1cc(N2CCN(C3CC3)CC2)c(C(=O)NC2CCCCC2)cc1N. The van der Waals surface area contributed by atoms with E-state index < -0.39 is 0 Å². The van der Waals surface area contributed by atoms with Crippen molar-refractivity contribution in [1.29, 1.82) is 0 Å². The van der Waals surface area contributed by atoms with Gasteiger partial charge >= 0.3 is 0 Å². The predicted molar refractivity (Wildman–Crippen MR) is 112 cm³/mol. The maximum Gasteiger partial charge on any atom is 0.253 e. The molecule has 2 saturated carbocycles. The third kappa shape index (κ3) is 4.15. The van der Waals surface area contributed by atoms with E-state index in [1.807, 2.05) is 13.1 Å². The van der Waals surface area contributed by atoms with Gasteiger partial charge in [0, 0.05) is 45.3 Å². The number of benzene rings is 1. The van der Waals surface area contributed by atoms with Gasteiger partial charge in [0.05, 0.1) is 22.6 Å². The number of carbonyl (C=O) groups excluding carboxylic acids is 1. The van der Waals surface area contributed by atoms with Crippen molar-refractivity contribution in [2.24, 2.45) is 0 Å². The highest BCUT2D eigenvalue weighted by molar-refractivity contribution is 6.02. The van der Waals surface area contributed by atoms with Crippen molar-refractivity contribution in [2.75, 3.05) is 49.2 Å². The lowest BCUT2D eigenvalue weighted by molar-refractivity contribution is 0.0928. The summed E-state index contributed by atoms with van der Waals surface area (Å²) >= 11 is 0. The molecule has 0 aromatic heterocycles. The van der Waals surface area contributed by atoms with Gasteiger partial charge in [-0.25, -0.2) is 0 Å². The minimum absolute atomic E-state index is 0.0240. The highest BCUT2D eigenvalue weighted by Gasteiger charge is 2.32. The van der Waals surface area contributed by atoms with Crippen LogP contribution >= 0.6 is 0 Å². The second-order valence-electron chi connectivity index (χ2n) is 8.27. The summed E-state index contributed by atoms with van der Waals surface area (Å²) in [4.78, 5) is 18.0. The number of nitrogens with two attached hydrogens (primary N) is 1. The van der Waals surface area contributed by atoms with E-state index in [-0.39, 0.29) is 5.91 Å². The number of hydrogen-bond donors (Lipinski definition) is 3. The number of hydrogen-bond acceptors (Lipinski definition) is 5. The monoisotopic (exact) mass is 371 g/mol. The van der Waals surface area contributed by atoms with Crippen LogP contribution in [0.2, 0.25) is 0 Å². The topological polar surface area (TPSA) is 73.6 Å². The van der Waals surface area contributed by atoms with Crippen molar-refractivity contribution in [2.45, 2.75) is 57.0 Å². The zero-order valence-electron chi connectivity index (χ0n) is 16.5. The molecule has 0 bridgehead atoms. The molecule has 3 fully saturated rings. The van der Waals surface area contributed by atoms with Gasteiger partial charge in [-0.2, -0.15) is 0 Å². The molecule has 1 saturated heterocycles. The molecular formula is C21H33N5O. The number of nitrogens with one attached hydrogen (secondary N) is 2. The van der Waals surface area contributed by atoms with Gasteiger partial charge in [0.2, 0.25) is 0 Å². The highest BCUT2D eigenvalue weighted by Crippen LogP contribution is 2.33. The van der Waals surface area contributed by atoms with E-state index >= 15 is 0 Å². The molecule has 6 heteroatoms. The van der Waals surface area contributed by atoms with Crippen LogP contribution in [-0.4, -0.2) is 56.1 Å². The van der Waals surface area contributed by atoms with Crippen LogP contribution in [0.15, 0.2) is 12.1 Å². The van der Waals surface area contributed by atoms with Crippen LogP contribution in [0.25, 0.3) is 0 Å². The molecule has 27 heavy (non-hydrogen) atoms. The Morgan fingerprint density at radius 3 is 2.37 bits per heavy atom. The molecule has 1 aliphatic heterocycles. The normalized spacial score (nSPS) is 21.9. The molecule has 1 aromatic rings. The number of rotatable bonds is 5. The lowest BCUT2D eigenvalue weighted by Crippen LogP contribution is -2.48. The smallest absolute Gasteiger partial charge is 0.253 e. The fraction of sp³-hybridized carbons (Fsp3) is 0.667. The summed E-state index contributed by atoms with van der Waals surface area (Å²) in [6, 6.07) is 5.02. The van der Waals surface area contributed by atoms with E-state index in [0.29, 0.717) is 11.7 Å². The lowest BCUT2D eigenvalue weighted by Gasteiger charge is -2.37. The van der Waals surface area contributed by atoms with Gasteiger partial charge in [0.1, 0.15) is 0 Å². The molecule has 0 atom stereocenters. The highest BCUT2D eigenvalue weighted by atomic mass is 16.1. The number of anilines is 3. The first-order valence-electron chi connectivity index (χ1n) is 10.6. The Hall–Kier alpha value is -1.95. The van der Waals surface area contributed by atoms with Crippen molar-refractivity contribution in [3.8, 4) is 0 Å². The lowest BCUT2D eigenvalue weighted by atomic mass is 9.95. The first-order valence-corrected chi connectivity index (χ1v) is 10.6. The fourth-order valence-electron chi connectivity index (χ4n) is 4.54. The van der Waals surface area contributed by atoms with Crippen molar-refractivity contribution >= 4 is 23.0 Å². The van der Waals surface area contributed by atoms with Crippen LogP contribution in [0.3, 0.4) is 0 Å². The minimum atomic E-state index is 0.0240. The molecule has 4 rings (SSSR count). The van der Waals surface area contributed by atoms with E-state index in [0.717, 1.165) is 62.0 Å². The molecule has 0 unspecified atom stereocenters. The van der Waals surface area contributed by atoms with Crippen molar-refractivity contribution in [3.63, 3.8) is 0 Å². The summed E-state index contributed by atoms with van der Waals surface area (Å²) in [7, 11) is 1.88. The Morgan fingerprint density at radius 1 is 1.04 bits per heavy atom. The van der Waals surface area contributed by atoms with Crippen LogP contribution in [-0.2, 0) is 0 Å². The first kappa shape index (κ1) is 18.4. The summed E-state index contributed by atoms with van der Waals surface area (Å²) in [6.07, 6.45) is 8.58. The molecule has 148 valence electrons. The third-order valence-electron chi connectivity index (χ3n) is 6.34. The number of nitrogens with zero attached hydrogens (tertiary/aromatic N) is 2. The van der Waals surface area contributed by atoms with Gasteiger partial charge in [-0.05, 0) is 37.8 Å². The van der Waals surface area contributed by atoms with E-state index in [1.165, 1.54) is 32.1 Å². The van der Waals surface area contributed by atoms with Crippen molar-refractivity contribution in [3.05, 3.63) is 17.7 Å². The summed E-state index contributed by atoms with van der Waals surface area (Å²) in [5, 5.41) is 6.43. The Morgan fingerprint density at radius 2 is 1.74 bits per heavy atom. The molecule has 3 aliphatic rings. The zero-order chi connectivity index (χ0) is 18.8. The molecule has 6 nitrogen and oxygen atoms in total. The Kier molecular flexibility index (Phi) is 5.43. The minimum Gasteiger partial charge on any atom is -0.397 e. The van der Waals surface area contributed by atoms with E-state index in [1.54, 1.807) is 0 Å². The van der Waals surface area contributed by atoms with Gasteiger partial charge in [-0.15, -0.1) is 0 Å². The molecule has 1 aromatic carbocycles. The molecule has 0 radical (unpaired) electrons. The van der Waals surface area contributed by atoms with Crippen molar-refractivity contribution < 1.29 is 4.79 Å². The summed E-state index contributed by atoms with van der Waals surface area (Å²) in [5.41, 5.74) is 9.46. The standard InChI is InChI=1S/C21H33N5O/c1-23-19-14-20(26-11-9-25(10-12-26)16-7-8-16)17(13-18(19)22)21(27)24-15-5-3-2-4-6-15/h13-16,23H,2-12,22H2,1H3,(H,24,27). The first-order chi connectivity index (χ1) is 13.2. The summed E-state index contributed by atoms with van der Waals surface area (Å²) < 4.78 is 0. The van der Waals surface area contributed by atoms with E-state index in [4.69, 9.17) is 5.73 Å². The Bertz CT molecular complexity index is 673. The molecule has 1 amide bonds. The molecule has 0 spiro atoms. The maximum atomic E-state index is 13.1. The molecular weight excluding hydrogens is 338 g/mol. The summed E-state index contributed by atoms with van der Waals surface area (Å²) in [5.74, 6) is 0.0240. The Labute approximate surface area is 162 Å². The van der Waals surface area contributed by atoms with Gasteiger partial charge in [-0.1, -0.05) is 19.3 Å². The fourth-order valence-corrected chi connectivity index (χ4v) is 4.54. The van der Waals surface area contributed by atoms with Gasteiger partial charge in [0.15, 0.2) is 0 Å². The van der Waals surface area contributed by atoms with Crippen LogP contribution < -0.4 is 21.3 Å². The number of piperazine rings is 1. The zero-order valence-corrected chi connectivity index (χ0v) is 16.5. The molecule has 4 N–H and O–H groups in total. The van der Waals surface area contributed by atoms with E-state index in [9.17, 15) is 4.79 Å². The number of amides is 1. The number of carbonyl (C=O) groups is 1. The quantitative estimate of drug-likeness (QED) is 0.694. The molecule has 1 heterocycles. The predicted octanol–water partition coefficient (Wildman–Crippen LogP) is 2.66. The second-order valence-corrected chi connectivity index (χ2v) is 8.27. The van der Waals surface area contributed by atoms with Crippen LogP contribution in [0.4, 0.5) is 17.1 Å². The average molecular weight is 372 g/mol. The van der Waals surface area contributed by atoms with Gasteiger partial charge < -0.3 is 21.3 Å². The van der Waals surface area contributed by atoms with Crippen LogP contribution in [0.1, 0.15) is 55.3 Å². The van der Waals surface area contributed by atoms with E-state index in [2.05, 4.69) is 26.5 Å². The summed E-state index contributed by atoms with van der Waals surface area (Å²) in [6.45, 7) is 4.09. The Balaban J connectivity index is 1.54. The third-order valence-corrected chi connectivity index (χ3v) is 6.34. The van der Waals surface area contributed by atoms with Gasteiger partial charge in [-0.3, -0.25) is 9.69 Å². The van der Waals surface area contributed by atoms with Crippen molar-refractivity contribution in [1.82, 2.24) is 10.2 Å². The van der Waals surface area contributed by atoms with Crippen LogP contribution in [0, 0.1) is 0 Å². The average Bonchev–Trinajstić information content (AvgIpc) is 3.54. The molecule has 2 aliphatic carbocycles. The second kappa shape index (κ2) is 7.97. The largest absolute Gasteiger partial charge is 0.397 e. The number of nitrogen functional groups attached to an aromatic ring is 1.